The van der Waals surface area contributed by atoms with Gasteiger partial charge in [-0.25, -0.2) is 8.42 Å². The molecular formula is C30H29N3O5S2. The highest BCUT2D eigenvalue weighted by Crippen LogP contribution is 2.20. The smallest absolute Gasteiger partial charge is 0.261 e. The maximum absolute atomic E-state index is 12.8. The van der Waals surface area contributed by atoms with Crippen molar-refractivity contribution in [1.82, 2.24) is 5.32 Å². The first-order valence-corrected chi connectivity index (χ1v) is 14.3. The summed E-state index contributed by atoms with van der Waals surface area (Å²) in [5, 5.41) is 5.58. The first-order valence-electron chi connectivity index (χ1n) is 12.4. The number of anilines is 2. The minimum atomic E-state index is -3.76. The van der Waals surface area contributed by atoms with Gasteiger partial charge in [-0.2, -0.15) is 0 Å². The average Bonchev–Trinajstić information content (AvgIpc) is 2.94. The number of hydrogen-bond donors (Lipinski definition) is 3. The van der Waals surface area contributed by atoms with Crippen LogP contribution in [0.3, 0.4) is 0 Å². The van der Waals surface area contributed by atoms with Crippen molar-refractivity contribution in [3.8, 4) is 11.5 Å². The second-order valence-electron chi connectivity index (χ2n) is 8.87. The fraction of sp³-hybridized carbons (Fsp3) is 0.133. The number of benzene rings is 4. The van der Waals surface area contributed by atoms with E-state index >= 15 is 0 Å². The van der Waals surface area contributed by atoms with Crippen molar-refractivity contribution in [2.24, 2.45) is 0 Å². The number of nitrogens with one attached hydrogen (secondary N) is 3. The molecule has 40 heavy (non-hydrogen) atoms. The zero-order valence-electron chi connectivity index (χ0n) is 22.0. The Hall–Kier alpha value is -4.41. The highest BCUT2D eigenvalue weighted by Gasteiger charge is 2.15. The van der Waals surface area contributed by atoms with Crippen LogP contribution in [0.2, 0.25) is 0 Å². The lowest BCUT2D eigenvalue weighted by molar-refractivity contribution is 0.0977. The molecular weight excluding hydrogens is 546 g/mol. The van der Waals surface area contributed by atoms with Crippen molar-refractivity contribution in [1.29, 1.82) is 0 Å². The van der Waals surface area contributed by atoms with E-state index in [1.807, 2.05) is 50.2 Å². The average molecular weight is 576 g/mol. The number of amides is 1. The van der Waals surface area contributed by atoms with Crippen LogP contribution in [0, 0.1) is 13.8 Å². The zero-order chi connectivity index (χ0) is 28.5. The van der Waals surface area contributed by atoms with Crippen molar-refractivity contribution in [2.75, 3.05) is 23.3 Å². The fourth-order valence-corrected chi connectivity index (χ4v) is 4.87. The van der Waals surface area contributed by atoms with Crippen molar-refractivity contribution in [3.05, 3.63) is 114 Å². The monoisotopic (exact) mass is 575 g/mol. The lowest BCUT2D eigenvalue weighted by Gasteiger charge is -2.12. The Labute approximate surface area is 239 Å². The van der Waals surface area contributed by atoms with E-state index in [-0.39, 0.29) is 10.0 Å². The summed E-state index contributed by atoms with van der Waals surface area (Å²) in [6, 6.07) is 27.5. The molecule has 1 amide bonds. The van der Waals surface area contributed by atoms with Crippen LogP contribution >= 0.6 is 12.2 Å². The molecule has 0 saturated heterocycles. The number of para-hydroxylation sites is 1. The minimum absolute atomic E-state index is 0.0762. The summed E-state index contributed by atoms with van der Waals surface area (Å²) < 4.78 is 39.4. The molecule has 0 spiro atoms. The van der Waals surface area contributed by atoms with Crippen molar-refractivity contribution in [2.45, 2.75) is 18.7 Å². The van der Waals surface area contributed by atoms with Gasteiger partial charge in [0.15, 0.2) is 5.11 Å². The third-order valence-corrected chi connectivity index (χ3v) is 7.49. The fourth-order valence-electron chi connectivity index (χ4n) is 3.61. The quantitative estimate of drug-likeness (QED) is 0.165. The summed E-state index contributed by atoms with van der Waals surface area (Å²) in [4.78, 5) is 12.7. The van der Waals surface area contributed by atoms with E-state index < -0.39 is 15.9 Å². The molecule has 4 aromatic carbocycles. The van der Waals surface area contributed by atoms with Gasteiger partial charge in [0.1, 0.15) is 24.7 Å². The van der Waals surface area contributed by atoms with Crippen LogP contribution in [0.25, 0.3) is 0 Å². The first-order chi connectivity index (χ1) is 19.2. The van der Waals surface area contributed by atoms with Gasteiger partial charge < -0.3 is 14.8 Å². The molecule has 0 heterocycles. The van der Waals surface area contributed by atoms with Gasteiger partial charge in [-0.05, 0) is 110 Å². The summed E-state index contributed by atoms with van der Waals surface area (Å²) in [7, 11) is -3.76. The maximum atomic E-state index is 12.8. The van der Waals surface area contributed by atoms with Gasteiger partial charge in [0, 0.05) is 16.9 Å². The van der Waals surface area contributed by atoms with E-state index in [9.17, 15) is 13.2 Å². The molecule has 0 unspecified atom stereocenters. The molecule has 0 aliphatic heterocycles. The standard InChI is InChI=1S/C30H29N3O5S2/c1-21-8-11-25(20-22(21)2)33-40(35,36)28-16-12-24(13-17-28)31-30(39)32-29(34)23-9-14-27(15-10-23)38-19-18-37-26-6-4-3-5-7-26/h3-17,20,33H,18-19H2,1-2H3,(H2,31,32,34,39). The number of sulfonamides is 1. The molecule has 4 aromatic rings. The molecule has 0 atom stereocenters. The van der Waals surface area contributed by atoms with Crippen molar-refractivity contribution in [3.63, 3.8) is 0 Å². The number of carbonyl (C=O) groups excluding carboxylic acids is 1. The molecule has 0 radical (unpaired) electrons. The first kappa shape index (κ1) is 28.6. The third kappa shape index (κ3) is 8.05. The van der Waals surface area contributed by atoms with Gasteiger partial charge in [-0.1, -0.05) is 24.3 Å². The van der Waals surface area contributed by atoms with Crippen LogP contribution < -0.4 is 24.8 Å². The largest absolute Gasteiger partial charge is 0.490 e. The Bertz CT molecular complexity index is 1570. The number of hydrogen-bond acceptors (Lipinski definition) is 6. The van der Waals surface area contributed by atoms with Gasteiger partial charge in [-0.15, -0.1) is 0 Å². The lowest BCUT2D eigenvalue weighted by atomic mass is 10.1. The molecule has 0 aliphatic rings. The van der Waals surface area contributed by atoms with Gasteiger partial charge in [0.2, 0.25) is 0 Å². The Kier molecular flexibility index (Phi) is 9.36. The summed E-state index contributed by atoms with van der Waals surface area (Å²) in [6.07, 6.45) is 0. The highest BCUT2D eigenvalue weighted by atomic mass is 32.2. The lowest BCUT2D eigenvalue weighted by Crippen LogP contribution is -2.34. The Balaban J connectivity index is 1.24. The molecule has 0 saturated carbocycles. The van der Waals surface area contributed by atoms with E-state index in [0.29, 0.717) is 35.9 Å². The van der Waals surface area contributed by atoms with Crippen LogP contribution in [-0.4, -0.2) is 32.7 Å². The van der Waals surface area contributed by atoms with Gasteiger partial charge in [0.25, 0.3) is 15.9 Å². The third-order valence-electron chi connectivity index (χ3n) is 5.89. The van der Waals surface area contributed by atoms with Crippen LogP contribution in [-0.2, 0) is 10.0 Å². The Morgan fingerprint density at radius 1 is 0.750 bits per heavy atom. The number of ether oxygens (including phenoxy) is 2. The highest BCUT2D eigenvalue weighted by molar-refractivity contribution is 7.92. The van der Waals surface area contributed by atoms with Crippen molar-refractivity contribution >= 4 is 44.6 Å². The van der Waals surface area contributed by atoms with E-state index in [1.165, 1.54) is 12.1 Å². The molecule has 0 fully saturated rings. The van der Waals surface area contributed by atoms with Crippen LogP contribution in [0.4, 0.5) is 11.4 Å². The van der Waals surface area contributed by atoms with E-state index in [2.05, 4.69) is 15.4 Å². The van der Waals surface area contributed by atoms with Crippen molar-refractivity contribution < 1.29 is 22.7 Å². The number of carbonyl (C=O) groups is 1. The predicted octanol–water partition coefficient (Wildman–Crippen LogP) is 5.69. The number of thiocarbonyl (C=S) groups is 1. The molecule has 0 aliphatic carbocycles. The predicted molar refractivity (Wildman–Crippen MR) is 161 cm³/mol. The summed E-state index contributed by atoms with van der Waals surface area (Å²) >= 11 is 5.25. The van der Waals surface area contributed by atoms with Crippen LogP contribution in [0.1, 0.15) is 21.5 Å². The molecule has 8 nitrogen and oxygen atoms in total. The van der Waals surface area contributed by atoms with E-state index in [0.717, 1.165) is 16.9 Å². The van der Waals surface area contributed by atoms with Gasteiger partial charge in [0.05, 0.1) is 4.90 Å². The van der Waals surface area contributed by atoms with Crippen LogP contribution in [0.5, 0.6) is 11.5 Å². The molecule has 4 rings (SSSR count). The molecule has 0 aromatic heterocycles. The zero-order valence-corrected chi connectivity index (χ0v) is 23.6. The topological polar surface area (TPSA) is 106 Å². The SMILES string of the molecule is Cc1ccc(NS(=O)(=O)c2ccc(NC(=S)NC(=O)c3ccc(OCCOc4ccccc4)cc3)cc2)cc1C. The Morgan fingerprint density at radius 2 is 1.35 bits per heavy atom. The maximum Gasteiger partial charge on any atom is 0.261 e. The van der Waals surface area contributed by atoms with Gasteiger partial charge in [-0.3, -0.25) is 14.8 Å². The molecule has 10 heteroatoms. The summed E-state index contributed by atoms with van der Waals surface area (Å²) in [5.74, 6) is 0.984. The van der Waals surface area contributed by atoms with E-state index in [1.54, 1.807) is 48.5 Å². The second kappa shape index (κ2) is 13.1. The minimum Gasteiger partial charge on any atom is -0.490 e. The number of rotatable bonds is 10. The summed E-state index contributed by atoms with van der Waals surface area (Å²) in [5.41, 5.74) is 3.48. The summed E-state index contributed by atoms with van der Waals surface area (Å²) in [6.45, 7) is 4.63. The Morgan fingerprint density at radius 3 is 1.98 bits per heavy atom. The molecule has 0 bridgehead atoms. The van der Waals surface area contributed by atoms with Crippen LogP contribution in [0.15, 0.2) is 102 Å². The molecule has 206 valence electrons. The van der Waals surface area contributed by atoms with Gasteiger partial charge >= 0.3 is 0 Å². The molecule has 3 N–H and O–H groups in total. The normalized spacial score (nSPS) is 10.8. The second-order valence-corrected chi connectivity index (χ2v) is 11.0. The van der Waals surface area contributed by atoms with E-state index in [4.69, 9.17) is 21.7 Å². The number of aryl methyl sites for hydroxylation is 2.